The average molecular weight is 389 g/mol. The summed E-state index contributed by atoms with van der Waals surface area (Å²) >= 11 is 3.06. The summed E-state index contributed by atoms with van der Waals surface area (Å²) in [7, 11) is -3.44. The lowest BCUT2D eigenvalue weighted by atomic mass is 10.4. The number of thiophene rings is 2. The number of carboxylic acids is 1. The van der Waals surface area contributed by atoms with Gasteiger partial charge >= 0.3 is 5.97 Å². The molecule has 0 unspecified atom stereocenters. The predicted octanol–water partition coefficient (Wildman–Crippen LogP) is 2.21. The molecule has 0 atom stereocenters. The Kier molecular flexibility index (Phi) is 7.38. The van der Waals surface area contributed by atoms with Crippen molar-refractivity contribution < 1.29 is 18.3 Å². The molecule has 2 heterocycles. The number of rotatable bonds is 11. The fraction of sp³-hybridized carbons (Fsp3) is 0.400. The molecule has 0 fully saturated rings. The lowest BCUT2D eigenvalue weighted by molar-refractivity contribution is -0.136. The van der Waals surface area contributed by atoms with E-state index in [1.807, 2.05) is 35.0 Å². The Morgan fingerprint density at radius 1 is 1.08 bits per heavy atom. The van der Waals surface area contributed by atoms with Crippen LogP contribution in [-0.4, -0.2) is 42.6 Å². The monoisotopic (exact) mass is 388 g/mol. The minimum atomic E-state index is -3.44. The van der Waals surface area contributed by atoms with E-state index < -0.39 is 16.0 Å². The summed E-state index contributed by atoms with van der Waals surface area (Å²) < 4.78 is 26.8. The van der Waals surface area contributed by atoms with E-state index in [2.05, 4.69) is 5.32 Å². The van der Waals surface area contributed by atoms with Crippen LogP contribution in [0, 0.1) is 0 Å². The van der Waals surface area contributed by atoms with Crippen molar-refractivity contribution in [2.45, 2.75) is 19.5 Å². The summed E-state index contributed by atoms with van der Waals surface area (Å²) in [5.74, 6) is -0.953. The molecule has 0 aliphatic heterocycles. The SMILES string of the molecule is O=C(O)CCNCCS(=O)(=O)N(Cc1cccs1)Cc1cccs1. The number of hydrogen-bond donors (Lipinski definition) is 2. The summed E-state index contributed by atoms with van der Waals surface area (Å²) in [6.07, 6.45) is -0.0197. The standard InChI is InChI=1S/C15H20N2O4S3/c18-15(19)5-6-16-7-10-24(20,21)17(11-13-3-1-8-22-13)12-14-4-2-9-23-14/h1-4,8-9,16H,5-7,10-12H2,(H,18,19). The number of aliphatic carboxylic acids is 1. The topological polar surface area (TPSA) is 86.7 Å². The van der Waals surface area contributed by atoms with Crippen molar-refractivity contribution in [3.8, 4) is 0 Å². The molecule has 0 aliphatic rings. The minimum Gasteiger partial charge on any atom is -0.481 e. The Balaban J connectivity index is 1.96. The van der Waals surface area contributed by atoms with Crippen LogP contribution in [0.15, 0.2) is 35.0 Å². The molecule has 24 heavy (non-hydrogen) atoms. The van der Waals surface area contributed by atoms with Crippen LogP contribution in [-0.2, 0) is 27.9 Å². The van der Waals surface area contributed by atoms with Gasteiger partial charge in [0, 0.05) is 35.9 Å². The van der Waals surface area contributed by atoms with Gasteiger partial charge in [-0.15, -0.1) is 22.7 Å². The predicted molar refractivity (Wildman–Crippen MR) is 96.8 cm³/mol. The van der Waals surface area contributed by atoms with Crippen LogP contribution >= 0.6 is 22.7 Å². The molecule has 2 N–H and O–H groups in total. The van der Waals surface area contributed by atoms with Gasteiger partial charge in [0.05, 0.1) is 12.2 Å². The van der Waals surface area contributed by atoms with E-state index in [0.29, 0.717) is 13.1 Å². The van der Waals surface area contributed by atoms with Crippen molar-refractivity contribution in [3.05, 3.63) is 44.8 Å². The Morgan fingerprint density at radius 3 is 2.12 bits per heavy atom. The number of carbonyl (C=O) groups is 1. The zero-order valence-electron chi connectivity index (χ0n) is 13.1. The first-order valence-corrected chi connectivity index (χ1v) is 10.8. The number of hydrogen-bond acceptors (Lipinski definition) is 6. The van der Waals surface area contributed by atoms with E-state index in [4.69, 9.17) is 5.11 Å². The normalized spacial score (nSPS) is 11.9. The Hall–Kier alpha value is -1.26. The molecule has 0 radical (unpaired) electrons. The van der Waals surface area contributed by atoms with Crippen LogP contribution in [0.25, 0.3) is 0 Å². The third-order valence-corrected chi connectivity index (χ3v) is 6.76. The second-order valence-electron chi connectivity index (χ2n) is 5.14. The maximum absolute atomic E-state index is 12.7. The van der Waals surface area contributed by atoms with E-state index in [1.54, 1.807) is 0 Å². The summed E-state index contributed by atoms with van der Waals surface area (Å²) in [4.78, 5) is 12.4. The van der Waals surface area contributed by atoms with E-state index in [-0.39, 0.29) is 25.3 Å². The molecule has 0 bridgehead atoms. The molecule has 132 valence electrons. The molecule has 2 aromatic rings. The van der Waals surface area contributed by atoms with Crippen LogP contribution in [0.1, 0.15) is 16.2 Å². The molecule has 0 amide bonds. The number of carboxylic acid groups (broad SMARTS) is 1. The molecule has 0 saturated carbocycles. The van der Waals surface area contributed by atoms with Gasteiger partial charge in [0.15, 0.2) is 0 Å². The van der Waals surface area contributed by atoms with Crippen LogP contribution in [0.5, 0.6) is 0 Å². The lowest BCUT2D eigenvalue weighted by Gasteiger charge is -2.21. The molecule has 9 heteroatoms. The van der Waals surface area contributed by atoms with E-state index in [0.717, 1.165) is 9.75 Å². The summed E-state index contributed by atoms with van der Waals surface area (Å²) in [5, 5.41) is 15.3. The van der Waals surface area contributed by atoms with Crippen molar-refractivity contribution in [1.29, 1.82) is 0 Å². The van der Waals surface area contributed by atoms with Gasteiger partial charge in [0.1, 0.15) is 0 Å². The third kappa shape index (κ3) is 6.33. The van der Waals surface area contributed by atoms with Gasteiger partial charge < -0.3 is 10.4 Å². The highest BCUT2D eigenvalue weighted by Crippen LogP contribution is 2.20. The van der Waals surface area contributed by atoms with Gasteiger partial charge in [-0.3, -0.25) is 4.79 Å². The van der Waals surface area contributed by atoms with Crippen LogP contribution in [0.4, 0.5) is 0 Å². The largest absolute Gasteiger partial charge is 0.481 e. The Morgan fingerprint density at radius 2 is 1.67 bits per heavy atom. The highest BCUT2D eigenvalue weighted by Gasteiger charge is 2.23. The average Bonchev–Trinajstić information content (AvgIpc) is 3.19. The molecule has 2 rings (SSSR count). The number of nitrogens with one attached hydrogen (secondary N) is 1. The molecule has 0 spiro atoms. The van der Waals surface area contributed by atoms with Gasteiger partial charge in [0.25, 0.3) is 0 Å². The van der Waals surface area contributed by atoms with Crippen molar-refractivity contribution >= 4 is 38.7 Å². The second kappa shape index (κ2) is 9.28. The van der Waals surface area contributed by atoms with Crippen molar-refractivity contribution in [3.63, 3.8) is 0 Å². The Bertz CT molecular complexity index is 676. The summed E-state index contributed by atoms with van der Waals surface area (Å²) in [6.45, 7) is 1.21. The van der Waals surface area contributed by atoms with E-state index >= 15 is 0 Å². The lowest BCUT2D eigenvalue weighted by Crippen LogP contribution is -2.35. The van der Waals surface area contributed by atoms with Crippen LogP contribution in [0.3, 0.4) is 0 Å². The van der Waals surface area contributed by atoms with Gasteiger partial charge in [0.2, 0.25) is 10.0 Å². The molecule has 0 aliphatic carbocycles. The first-order chi connectivity index (χ1) is 11.5. The van der Waals surface area contributed by atoms with E-state index in [1.165, 1.54) is 27.0 Å². The highest BCUT2D eigenvalue weighted by molar-refractivity contribution is 7.89. The van der Waals surface area contributed by atoms with Gasteiger partial charge in [-0.1, -0.05) is 12.1 Å². The molecule has 2 aromatic heterocycles. The molecule has 0 saturated heterocycles. The maximum atomic E-state index is 12.7. The maximum Gasteiger partial charge on any atom is 0.304 e. The second-order valence-corrected chi connectivity index (χ2v) is 9.29. The minimum absolute atomic E-state index is 0.0197. The first-order valence-electron chi connectivity index (χ1n) is 7.42. The Labute approximate surface area is 149 Å². The van der Waals surface area contributed by atoms with Gasteiger partial charge in [-0.25, -0.2) is 8.42 Å². The molecular formula is C15H20N2O4S3. The van der Waals surface area contributed by atoms with Crippen LogP contribution < -0.4 is 5.32 Å². The number of sulfonamides is 1. The van der Waals surface area contributed by atoms with Crippen molar-refractivity contribution in [2.75, 3.05) is 18.8 Å². The highest BCUT2D eigenvalue weighted by atomic mass is 32.2. The quantitative estimate of drug-likeness (QED) is 0.576. The zero-order valence-corrected chi connectivity index (χ0v) is 15.5. The van der Waals surface area contributed by atoms with Crippen molar-refractivity contribution in [1.82, 2.24) is 9.62 Å². The summed E-state index contributed by atoms with van der Waals surface area (Å²) in [6, 6.07) is 7.66. The molecule has 6 nitrogen and oxygen atoms in total. The molecule has 0 aromatic carbocycles. The van der Waals surface area contributed by atoms with Crippen molar-refractivity contribution in [2.24, 2.45) is 0 Å². The van der Waals surface area contributed by atoms with Crippen LogP contribution in [0.2, 0.25) is 0 Å². The fourth-order valence-electron chi connectivity index (χ4n) is 2.06. The smallest absolute Gasteiger partial charge is 0.304 e. The summed E-state index contributed by atoms with van der Waals surface area (Å²) in [5.41, 5.74) is 0. The molecular weight excluding hydrogens is 368 g/mol. The number of nitrogens with zero attached hydrogens (tertiary/aromatic N) is 1. The fourth-order valence-corrected chi connectivity index (χ4v) is 4.99. The third-order valence-electron chi connectivity index (χ3n) is 3.27. The first kappa shape index (κ1) is 19.1. The zero-order chi connectivity index (χ0) is 17.4. The van der Waals surface area contributed by atoms with Gasteiger partial charge in [-0.05, 0) is 22.9 Å². The van der Waals surface area contributed by atoms with E-state index in [9.17, 15) is 13.2 Å². The van der Waals surface area contributed by atoms with Gasteiger partial charge in [-0.2, -0.15) is 4.31 Å².